The first-order chi connectivity index (χ1) is 7.33. The van der Waals surface area contributed by atoms with Gasteiger partial charge >= 0.3 is 0 Å². The Kier molecular flexibility index (Phi) is 6.39. The third-order valence-electron chi connectivity index (χ3n) is 1.87. The zero-order valence-electron chi connectivity index (χ0n) is 9.27. The first kappa shape index (κ1) is 12.5. The maximum Gasteiger partial charge on any atom is 0.0962 e. The van der Waals surface area contributed by atoms with Crippen molar-refractivity contribution in [2.24, 2.45) is 0 Å². The van der Waals surface area contributed by atoms with E-state index in [1.165, 1.54) is 0 Å². The molecule has 0 spiro atoms. The molecule has 0 aliphatic heterocycles. The standard InChI is InChI=1S/C11H18N2OS/c1-10(9-12-7-8-14-2)15-11-5-3-4-6-13-11/h3-6,10,12H,7-9H2,1-2H3. The quantitative estimate of drug-likeness (QED) is 0.568. The number of hydrogen-bond donors (Lipinski definition) is 1. The van der Waals surface area contributed by atoms with Crippen LogP contribution in [-0.4, -0.2) is 37.0 Å². The van der Waals surface area contributed by atoms with Crippen molar-refractivity contribution < 1.29 is 4.74 Å². The third kappa shape index (κ3) is 5.77. The molecular formula is C11H18N2OS. The Bertz CT molecular complexity index is 256. The number of rotatable bonds is 7. The van der Waals surface area contributed by atoms with Crippen LogP contribution in [0.3, 0.4) is 0 Å². The number of pyridine rings is 1. The van der Waals surface area contributed by atoms with Crippen LogP contribution in [0.2, 0.25) is 0 Å². The van der Waals surface area contributed by atoms with Crippen molar-refractivity contribution in [2.45, 2.75) is 17.2 Å². The van der Waals surface area contributed by atoms with Gasteiger partial charge in [-0.05, 0) is 12.1 Å². The molecule has 1 atom stereocenters. The summed E-state index contributed by atoms with van der Waals surface area (Å²) in [6, 6.07) is 5.99. The van der Waals surface area contributed by atoms with Crippen LogP contribution in [0.25, 0.3) is 0 Å². The molecule has 1 heterocycles. The average molecular weight is 226 g/mol. The van der Waals surface area contributed by atoms with Crippen LogP contribution >= 0.6 is 11.8 Å². The molecular weight excluding hydrogens is 208 g/mol. The molecule has 0 aromatic carbocycles. The van der Waals surface area contributed by atoms with Gasteiger partial charge < -0.3 is 10.1 Å². The molecule has 84 valence electrons. The second kappa shape index (κ2) is 7.68. The zero-order chi connectivity index (χ0) is 10.9. The van der Waals surface area contributed by atoms with Gasteiger partial charge in [0.25, 0.3) is 0 Å². The minimum absolute atomic E-state index is 0.525. The van der Waals surface area contributed by atoms with E-state index >= 15 is 0 Å². The van der Waals surface area contributed by atoms with Gasteiger partial charge in [0.15, 0.2) is 0 Å². The third-order valence-corrected chi connectivity index (χ3v) is 2.93. The van der Waals surface area contributed by atoms with Crippen molar-refractivity contribution in [3.8, 4) is 0 Å². The Balaban J connectivity index is 2.16. The van der Waals surface area contributed by atoms with E-state index in [1.807, 2.05) is 24.4 Å². The summed E-state index contributed by atoms with van der Waals surface area (Å²) >= 11 is 1.79. The summed E-state index contributed by atoms with van der Waals surface area (Å²) in [6.45, 7) is 4.84. The molecule has 1 N–H and O–H groups in total. The van der Waals surface area contributed by atoms with E-state index in [0.717, 1.165) is 24.7 Å². The van der Waals surface area contributed by atoms with E-state index in [0.29, 0.717) is 5.25 Å². The van der Waals surface area contributed by atoms with Crippen LogP contribution in [0.5, 0.6) is 0 Å². The number of thioether (sulfide) groups is 1. The summed E-state index contributed by atoms with van der Waals surface area (Å²) < 4.78 is 4.96. The molecule has 0 saturated heterocycles. The summed E-state index contributed by atoms with van der Waals surface area (Å²) in [5, 5.41) is 4.94. The molecule has 3 nitrogen and oxygen atoms in total. The fourth-order valence-electron chi connectivity index (χ4n) is 1.14. The van der Waals surface area contributed by atoms with Gasteiger partial charge in [-0.2, -0.15) is 0 Å². The van der Waals surface area contributed by atoms with E-state index in [9.17, 15) is 0 Å². The van der Waals surface area contributed by atoms with Crippen LogP contribution in [0, 0.1) is 0 Å². The molecule has 4 heteroatoms. The van der Waals surface area contributed by atoms with Gasteiger partial charge in [0.05, 0.1) is 11.6 Å². The van der Waals surface area contributed by atoms with Crippen LogP contribution in [0.4, 0.5) is 0 Å². The smallest absolute Gasteiger partial charge is 0.0962 e. The van der Waals surface area contributed by atoms with E-state index in [2.05, 4.69) is 17.2 Å². The van der Waals surface area contributed by atoms with Gasteiger partial charge in [-0.25, -0.2) is 4.98 Å². The lowest BCUT2D eigenvalue weighted by Gasteiger charge is -2.11. The van der Waals surface area contributed by atoms with Crippen molar-refractivity contribution in [2.75, 3.05) is 26.8 Å². The highest BCUT2D eigenvalue weighted by atomic mass is 32.2. The monoisotopic (exact) mass is 226 g/mol. The number of ether oxygens (including phenoxy) is 1. The van der Waals surface area contributed by atoms with Crippen LogP contribution in [-0.2, 0) is 4.74 Å². The van der Waals surface area contributed by atoms with Gasteiger partial charge in [0.1, 0.15) is 0 Å². The van der Waals surface area contributed by atoms with E-state index < -0.39 is 0 Å². The topological polar surface area (TPSA) is 34.1 Å². The molecule has 0 fully saturated rings. The first-order valence-electron chi connectivity index (χ1n) is 5.10. The van der Waals surface area contributed by atoms with Gasteiger partial charge in [-0.3, -0.25) is 0 Å². The molecule has 15 heavy (non-hydrogen) atoms. The zero-order valence-corrected chi connectivity index (χ0v) is 10.1. The summed E-state index contributed by atoms with van der Waals surface area (Å²) in [7, 11) is 1.72. The molecule has 0 aliphatic rings. The molecule has 0 radical (unpaired) electrons. The van der Waals surface area contributed by atoms with Crippen molar-refractivity contribution >= 4 is 11.8 Å². The van der Waals surface area contributed by atoms with Crippen LogP contribution in [0.15, 0.2) is 29.4 Å². The molecule has 0 bridgehead atoms. The number of nitrogens with one attached hydrogen (secondary N) is 1. The van der Waals surface area contributed by atoms with Gasteiger partial charge in [0.2, 0.25) is 0 Å². The molecule has 1 rings (SSSR count). The normalized spacial score (nSPS) is 12.7. The Morgan fingerprint density at radius 1 is 1.53 bits per heavy atom. The molecule has 0 aliphatic carbocycles. The summed E-state index contributed by atoms with van der Waals surface area (Å²) in [5.41, 5.74) is 0. The predicted molar refractivity (Wildman–Crippen MR) is 64.3 cm³/mol. The van der Waals surface area contributed by atoms with Crippen molar-refractivity contribution in [1.29, 1.82) is 0 Å². The average Bonchev–Trinajstić information content (AvgIpc) is 2.26. The second-order valence-electron chi connectivity index (χ2n) is 3.29. The second-order valence-corrected chi connectivity index (χ2v) is 4.75. The highest BCUT2D eigenvalue weighted by Crippen LogP contribution is 2.19. The first-order valence-corrected chi connectivity index (χ1v) is 5.98. The summed E-state index contributed by atoms with van der Waals surface area (Å²) in [4.78, 5) is 4.27. The summed E-state index contributed by atoms with van der Waals surface area (Å²) in [5.74, 6) is 0. The minimum Gasteiger partial charge on any atom is -0.383 e. The molecule has 1 aromatic heterocycles. The highest BCUT2D eigenvalue weighted by molar-refractivity contribution is 7.99. The number of nitrogens with zero attached hydrogens (tertiary/aromatic N) is 1. The Labute approximate surface area is 95.6 Å². The van der Waals surface area contributed by atoms with Gasteiger partial charge in [-0.15, -0.1) is 11.8 Å². The molecule has 0 amide bonds. The molecule has 0 saturated carbocycles. The number of aromatic nitrogens is 1. The van der Waals surface area contributed by atoms with Crippen molar-refractivity contribution in [3.05, 3.63) is 24.4 Å². The maximum atomic E-state index is 4.96. The lowest BCUT2D eigenvalue weighted by molar-refractivity contribution is 0.199. The van der Waals surface area contributed by atoms with E-state index in [1.54, 1.807) is 18.9 Å². The predicted octanol–water partition coefficient (Wildman–Crippen LogP) is 1.80. The minimum atomic E-state index is 0.525. The fraction of sp³-hybridized carbons (Fsp3) is 0.545. The van der Waals surface area contributed by atoms with Gasteiger partial charge in [-0.1, -0.05) is 13.0 Å². The molecule has 1 aromatic rings. The number of hydrogen-bond acceptors (Lipinski definition) is 4. The lowest BCUT2D eigenvalue weighted by Crippen LogP contribution is -2.26. The summed E-state index contributed by atoms with van der Waals surface area (Å²) in [6.07, 6.45) is 1.83. The largest absolute Gasteiger partial charge is 0.383 e. The van der Waals surface area contributed by atoms with Crippen LogP contribution in [0.1, 0.15) is 6.92 Å². The fourth-order valence-corrected chi connectivity index (χ4v) is 2.04. The highest BCUT2D eigenvalue weighted by Gasteiger charge is 2.03. The van der Waals surface area contributed by atoms with E-state index in [4.69, 9.17) is 4.74 Å². The Morgan fingerprint density at radius 2 is 2.40 bits per heavy atom. The Morgan fingerprint density at radius 3 is 3.07 bits per heavy atom. The number of methoxy groups -OCH3 is 1. The maximum absolute atomic E-state index is 4.96. The molecule has 1 unspecified atom stereocenters. The van der Waals surface area contributed by atoms with Crippen molar-refractivity contribution in [3.63, 3.8) is 0 Å². The SMILES string of the molecule is COCCNCC(C)Sc1ccccn1. The van der Waals surface area contributed by atoms with Crippen molar-refractivity contribution in [1.82, 2.24) is 10.3 Å². The lowest BCUT2D eigenvalue weighted by atomic mass is 10.4. The Hall–Kier alpha value is -0.580. The van der Waals surface area contributed by atoms with Gasteiger partial charge in [0, 0.05) is 31.6 Å². The van der Waals surface area contributed by atoms with Crippen LogP contribution < -0.4 is 5.32 Å². The van der Waals surface area contributed by atoms with E-state index in [-0.39, 0.29) is 0 Å².